The van der Waals surface area contributed by atoms with Crippen LogP contribution in [-0.4, -0.2) is 71.2 Å². The maximum absolute atomic E-state index is 12.8. The molecule has 28 heavy (non-hydrogen) atoms. The third-order valence-corrected chi connectivity index (χ3v) is 6.19. The summed E-state index contributed by atoms with van der Waals surface area (Å²) in [5.41, 5.74) is 1.98. The van der Waals surface area contributed by atoms with Crippen molar-refractivity contribution in [1.29, 1.82) is 0 Å². The molecule has 6 heteroatoms. The van der Waals surface area contributed by atoms with E-state index >= 15 is 0 Å². The number of aliphatic hydroxyl groups excluding tert-OH is 1. The van der Waals surface area contributed by atoms with Gasteiger partial charge in [-0.2, -0.15) is 0 Å². The monoisotopic (exact) mass is 382 g/mol. The van der Waals surface area contributed by atoms with Gasteiger partial charge in [0, 0.05) is 37.8 Å². The first-order valence-corrected chi connectivity index (χ1v) is 10.4. The van der Waals surface area contributed by atoms with Crippen LogP contribution in [0, 0.1) is 5.92 Å². The fourth-order valence-corrected chi connectivity index (χ4v) is 4.32. The zero-order valence-corrected chi connectivity index (χ0v) is 16.6. The number of carbonyl (C=O) groups is 1. The van der Waals surface area contributed by atoms with E-state index in [0.29, 0.717) is 6.54 Å². The molecule has 2 heterocycles. The van der Waals surface area contributed by atoms with Gasteiger partial charge in [0.25, 0.3) is 0 Å². The molecule has 1 aliphatic heterocycles. The van der Waals surface area contributed by atoms with Gasteiger partial charge >= 0.3 is 0 Å². The second-order valence-electron chi connectivity index (χ2n) is 8.10. The summed E-state index contributed by atoms with van der Waals surface area (Å²) in [6, 6.07) is 10.1. The van der Waals surface area contributed by atoms with E-state index in [9.17, 15) is 9.90 Å². The number of hydrogen-bond acceptors (Lipinski definition) is 5. The molecule has 1 aliphatic carbocycles. The number of nitrogens with zero attached hydrogens (tertiary/aromatic N) is 3. The Labute approximate surface area is 166 Å². The van der Waals surface area contributed by atoms with Gasteiger partial charge in [0.05, 0.1) is 24.2 Å². The van der Waals surface area contributed by atoms with Crippen molar-refractivity contribution in [3.05, 3.63) is 42.1 Å². The summed E-state index contributed by atoms with van der Waals surface area (Å²) in [6.45, 7) is 7.60. The van der Waals surface area contributed by atoms with Crippen LogP contribution in [0.3, 0.4) is 0 Å². The van der Waals surface area contributed by atoms with E-state index < -0.39 is 0 Å². The molecule has 1 saturated heterocycles. The lowest BCUT2D eigenvalue weighted by molar-refractivity contribution is -0.124. The van der Waals surface area contributed by atoms with Gasteiger partial charge < -0.3 is 15.3 Å². The highest BCUT2D eigenvalue weighted by atomic mass is 16.3. The molecular weight excluding hydrogens is 352 g/mol. The number of likely N-dealkylation sites (N-methyl/N-ethyl adjacent to an activating group) is 1. The molecule has 1 atom stereocenters. The Hall–Kier alpha value is -2.02. The molecule has 150 valence electrons. The molecule has 0 spiro atoms. The lowest BCUT2D eigenvalue weighted by Crippen LogP contribution is -2.50. The average molecular weight is 383 g/mol. The van der Waals surface area contributed by atoms with Gasteiger partial charge in [0.2, 0.25) is 5.91 Å². The smallest absolute Gasteiger partial charge is 0.234 e. The topological polar surface area (TPSA) is 68.7 Å². The number of pyridine rings is 1. The maximum atomic E-state index is 12.8. The number of rotatable bonds is 6. The number of para-hydroxylation sites is 1. The normalized spacial score (nSPS) is 24.6. The zero-order valence-electron chi connectivity index (χ0n) is 16.6. The number of hydrogen-bond donors (Lipinski definition) is 2. The average Bonchev–Trinajstić information content (AvgIpc) is 2.70. The Balaban J connectivity index is 1.44. The van der Waals surface area contributed by atoms with Crippen LogP contribution in [0.5, 0.6) is 0 Å². The molecule has 1 aromatic heterocycles. The van der Waals surface area contributed by atoms with Crippen LogP contribution < -0.4 is 5.32 Å². The van der Waals surface area contributed by atoms with E-state index in [2.05, 4.69) is 33.1 Å². The van der Waals surface area contributed by atoms with E-state index in [-0.39, 0.29) is 24.0 Å². The van der Waals surface area contributed by atoms with Crippen molar-refractivity contribution in [1.82, 2.24) is 20.1 Å². The Morgan fingerprint density at radius 3 is 2.64 bits per heavy atom. The molecule has 4 rings (SSSR count). The summed E-state index contributed by atoms with van der Waals surface area (Å²) >= 11 is 0. The van der Waals surface area contributed by atoms with Crippen LogP contribution in [0.4, 0.5) is 0 Å². The van der Waals surface area contributed by atoms with Crippen molar-refractivity contribution in [3.63, 3.8) is 0 Å². The van der Waals surface area contributed by atoms with Crippen LogP contribution >= 0.6 is 0 Å². The number of piperazine rings is 1. The van der Waals surface area contributed by atoms with E-state index in [1.807, 2.05) is 30.5 Å². The fraction of sp³-hybridized carbons (Fsp3) is 0.545. The minimum Gasteiger partial charge on any atom is -0.393 e. The molecular formula is C22H30N4O2. The number of nitrogens with one attached hydrogen (secondary N) is 1. The van der Waals surface area contributed by atoms with Crippen LogP contribution in [-0.2, 0) is 4.79 Å². The number of amides is 1. The Morgan fingerprint density at radius 1 is 1.21 bits per heavy atom. The van der Waals surface area contributed by atoms with E-state index in [4.69, 9.17) is 0 Å². The van der Waals surface area contributed by atoms with Gasteiger partial charge in [-0.05, 0) is 43.0 Å². The molecule has 1 aromatic carbocycles. The van der Waals surface area contributed by atoms with Gasteiger partial charge in [-0.3, -0.25) is 14.7 Å². The van der Waals surface area contributed by atoms with Crippen LogP contribution in [0.2, 0.25) is 0 Å². The lowest BCUT2D eigenvalue weighted by atomic mass is 9.75. The SMILES string of the molecule is CCN1CCN(CC(=O)N[C@H](c2cnc3ccccc3c2)C2CC(O)C2)CC1. The van der Waals surface area contributed by atoms with Crippen LogP contribution in [0.25, 0.3) is 10.9 Å². The highest BCUT2D eigenvalue weighted by Crippen LogP contribution is 2.38. The summed E-state index contributed by atoms with van der Waals surface area (Å²) in [5.74, 6) is 0.323. The summed E-state index contributed by atoms with van der Waals surface area (Å²) in [4.78, 5) is 22.0. The molecule has 2 N–H and O–H groups in total. The van der Waals surface area contributed by atoms with Crippen molar-refractivity contribution in [3.8, 4) is 0 Å². The Kier molecular flexibility index (Phi) is 5.90. The van der Waals surface area contributed by atoms with Crippen molar-refractivity contribution >= 4 is 16.8 Å². The second kappa shape index (κ2) is 8.55. The van der Waals surface area contributed by atoms with Crippen LogP contribution in [0.1, 0.15) is 31.4 Å². The lowest BCUT2D eigenvalue weighted by Gasteiger charge is -2.39. The summed E-state index contributed by atoms with van der Waals surface area (Å²) in [7, 11) is 0. The molecule has 0 bridgehead atoms. The first kappa shape index (κ1) is 19.3. The molecule has 2 aliphatic rings. The van der Waals surface area contributed by atoms with Gasteiger partial charge in [0.1, 0.15) is 0 Å². The number of aromatic nitrogens is 1. The van der Waals surface area contributed by atoms with E-state index in [0.717, 1.165) is 62.0 Å². The molecule has 6 nitrogen and oxygen atoms in total. The molecule has 0 unspecified atom stereocenters. The van der Waals surface area contributed by atoms with Crippen molar-refractivity contribution in [2.45, 2.75) is 31.9 Å². The highest BCUT2D eigenvalue weighted by Gasteiger charge is 2.36. The number of benzene rings is 1. The summed E-state index contributed by atoms with van der Waals surface area (Å²) in [6.07, 6.45) is 3.08. The molecule has 2 fully saturated rings. The zero-order chi connectivity index (χ0) is 19.5. The predicted molar refractivity (Wildman–Crippen MR) is 110 cm³/mol. The number of fused-ring (bicyclic) bond motifs is 1. The standard InChI is InChI=1S/C22H30N4O2/c1-2-25-7-9-26(10-8-25)15-21(28)24-22(17-12-19(27)13-17)18-11-16-5-3-4-6-20(16)23-14-18/h3-6,11,14,17,19,22,27H,2,7-10,12-13,15H2,1H3,(H,24,28)/t17?,19?,22-/m0/s1. The summed E-state index contributed by atoms with van der Waals surface area (Å²) in [5, 5.41) is 14.1. The third-order valence-electron chi connectivity index (χ3n) is 6.19. The first-order valence-electron chi connectivity index (χ1n) is 10.4. The van der Waals surface area contributed by atoms with Gasteiger partial charge in [0.15, 0.2) is 0 Å². The maximum Gasteiger partial charge on any atom is 0.234 e. The Morgan fingerprint density at radius 2 is 1.93 bits per heavy atom. The minimum atomic E-state index is -0.250. The highest BCUT2D eigenvalue weighted by molar-refractivity contribution is 5.80. The Bertz CT molecular complexity index is 813. The number of carbonyl (C=O) groups excluding carboxylic acids is 1. The molecule has 0 radical (unpaired) electrons. The quantitative estimate of drug-likeness (QED) is 0.797. The number of aliphatic hydroxyl groups is 1. The largest absolute Gasteiger partial charge is 0.393 e. The fourth-order valence-electron chi connectivity index (χ4n) is 4.32. The van der Waals surface area contributed by atoms with Crippen LogP contribution in [0.15, 0.2) is 36.5 Å². The van der Waals surface area contributed by atoms with Gasteiger partial charge in [-0.25, -0.2) is 0 Å². The molecule has 2 aromatic rings. The first-order chi connectivity index (χ1) is 13.6. The third kappa shape index (κ3) is 4.35. The van der Waals surface area contributed by atoms with E-state index in [1.54, 1.807) is 0 Å². The van der Waals surface area contributed by atoms with Crippen molar-refractivity contribution < 1.29 is 9.90 Å². The molecule has 1 saturated carbocycles. The summed E-state index contributed by atoms with van der Waals surface area (Å²) < 4.78 is 0. The van der Waals surface area contributed by atoms with Gasteiger partial charge in [-0.1, -0.05) is 25.1 Å². The molecule has 1 amide bonds. The van der Waals surface area contributed by atoms with Crippen molar-refractivity contribution in [2.24, 2.45) is 5.92 Å². The van der Waals surface area contributed by atoms with E-state index in [1.165, 1.54) is 0 Å². The predicted octanol–water partition coefficient (Wildman–Crippen LogP) is 1.80. The second-order valence-corrected chi connectivity index (χ2v) is 8.10. The van der Waals surface area contributed by atoms with Gasteiger partial charge in [-0.15, -0.1) is 0 Å². The van der Waals surface area contributed by atoms with Crippen molar-refractivity contribution in [2.75, 3.05) is 39.3 Å². The minimum absolute atomic E-state index is 0.0597.